The number of carbonyl (C=O) groups excluding carboxylic acids is 1. The van der Waals surface area contributed by atoms with Gasteiger partial charge in [0.25, 0.3) is 0 Å². The smallest absolute Gasteiger partial charge is 0.243 e. The number of carbonyl (C=O) groups is 1. The van der Waals surface area contributed by atoms with E-state index in [1.54, 1.807) is 0 Å². The first kappa shape index (κ1) is 23.1. The maximum absolute atomic E-state index is 15.4. The predicted octanol–water partition coefficient (Wildman–Crippen LogP) is 3.19. The fourth-order valence-corrected chi connectivity index (χ4v) is 5.00. The topological polar surface area (TPSA) is 90.4 Å². The van der Waals surface area contributed by atoms with Crippen LogP contribution in [0.15, 0.2) is 30.6 Å². The van der Waals surface area contributed by atoms with Gasteiger partial charge in [-0.2, -0.15) is 0 Å². The molecule has 1 aromatic carbocycles. The molecule has 0 saturated carbocycles. The van der Waals surface area contributed by atoms with Crippen molar-refractivity contribution in [2.75, 3.05) is 19.0 Å². The number of nitrogens with zero attached hydrogens (tertiary/aromatic N) is 3. The number of anilines is 1. The Balaban J connectivity index is 1.56. The molecule has 0 radical (unpaired) electrons. The van der Waals surface area contributed by atoms with Gasteiger partial charge in [-0.25, -0.2) is 13.8 Å². The van der Waals surface area contributed by atoms with Gasteiger partial charge in [0, 0.05) is 42.4 Å². The molecule has 0 aliphatic carbocycles. The van der Waals surface area contributed by atoms with Crippen molar-refractivity contribution >= 4 is 17.8 Å². The lowest BCUT2D eigenvalue weighted by molar-refractivity contribution is -0.115. The Morgan fingerprint density at radius 3 is 2.73 bits per heavy atom. The van der Waals surface area contributed by atoms with Crippen molar-refractivity contribution in [1.29, 1.82) is 0 Å². The molecular formula is C24H29F2N5O2. The Morgan fingerprint density at radius 1 is 1.30 bits per heavy atom. The first-order valence-electron chi connectivity index (χ1n) is 11.0. The highest BCUT2D eigenvalue weighted by molar-refractivity contribution is 5.91. The zero-order valence-electron chi connectivity index (χ0n) is 19.2. The van der Waals surface area contributed by atoms with Crippen LogP contribution in [0.4, 0.5) is 14.6 Å². The highest BCUT2D eigenvalue weighted by Crippen LogP contribution is 2.45. The predicted molar refractivity (Wildman–Crippen MR) is 123 cm³/mol. The number of aromatic hydroxyl groups is 1. The quantitative estimate of drug-likeness (QED) is 0.598. The van der Waals surface area contributed by atoms with Crippen LogP contribution < -0.4 is 15.5 Å². The minimum atomic E-state index is -1.06. The Labute approximate surface area is 191 Å². The van der Waals surface area contributed by atoms with E-state index in [4.69, 9.17) is 0 Å². The van der Waals surface area contributed by atoms with Crippen molar-refractivity contribution in [1.82, 2.24) is 20.6 Å². The van der Waals surface area contributed by atoms with E-state index in [2.05, 4.69) is 27.5 Å². The number of halogens is 2. The molecule has 2 aromatic rings. The number of aromatic nitrogens is 2. The Bertz CT molecular complexity index is 1090. The molecule has 0 spiro atoms. The third-order valence-electron chi connectivity index (χ3n) is 6.94. The van der Waals surface area contributed by atoms with Gasteiger partial charge in [0.05, 0.1) is 24.1 Å². The van der Waals surface area contributed by atoms with Gasteiger partial charge in [0.2, 0.25) is 5.91 Å². The van der Waals surface area contributed by atoms with Crippen LogP contribution in [0.25, 0.3) is 17.3 Å². The maximum Gasteiger partial charge on any atom is 0.243 e. The average Bonchev–Trinajstić information content (AvgIpc) is 3.07. The Hall–Kier alpha value is -3.07. The molecule has 7 nitrogen and oxygen atoms in total. The number of fused-ring (bicyclic) bond motifs is 2. The average molecular weight is 458 g/mol. The van der Waals surface area contributed by atoms with Gasteiger partial charge in [-0.1, -0.05) is 0 Å². The Morgan fingerprint density at radius 2 is 2.06 bits per heavy atom. The molecule has 2 bridgehead atoms. The molecule has 4 rings (SSSR count). The van der Waals surface area contributed by atoms with Crippen LogP contribution in [0, 0.1) is 5.82 Å². The van der Waals surface area contributed by atoms with Crippen LogP contribution in [0.1, 0.15) is 38.7 Å². The molecule has 176 valence electrons. The SMILES string of the molecule is CNC(=O)/C=C/c1cc(O)c(-c2cnc(N(C)[C@H]3C[C@]4(C)CC[C@@](C)(N4)[C@H]3F)cn2)cc1F. The fraction of sp³-hybridized carbons (Fsp3) is 0.458. The van der Waals surface area contributed by atoms with Gasteiger partial charge in [-0.3, -0.25) is 9.78 Å². The van der Waals surface area contributed by atoms with E-state index in [1.807, 2.05) is 18.9 Å². The molecule has 2 aliphatic heterocycles. The normalized spacial score (nSPS) is 28.8. The number of alkyl halides is 1. The molecule has 1 aromatic heterocycles. The van der Waals surface area contributed by atoms with Crippen LogP contribution in [0.5, 0.6) is 5.75 Å². The first-order valence-corrected chi connectivity index (χ1v) is 11.0. The van der Waals surface area contributed by atoms with Crippen LogP contribution in [-0.2, 0) is 4.79 Å². The van der Waals surface area contributed by atoms with E-state index in [0.717, 1.165) is 18.9 Å². The standard InChI is InChI=1S/C24H29F2N5O2/c1-23-7-8-24(2,30-23)22(26)18(11-23)31(4)20-13-28-17(12-29-20)15-10-16(25)14(9-19(15)32)5-6-21(33)27-3/h5-6,9-10,12-13,18,22,30,32H,7-8,11H2,1-4H3,(H,27,33)/b6-5+/t18-,22-,23-,24+/m0/s1. The lowest BCUT2D eigenvalue weighted by Gasteiger charge is -2.47. The summed E-state index contributed by atoms with van der Waals surface area (Å²) in [6, 6.07) is 2.03. The van der Waals surface area contributed by atoms with E-state index in [9.17, 15) is 14.3 Å². The Kier molecular flexibility index (Phi) is 5.86. The second-order valence-electron chi connectivity index (χ2n) is 9.49. The summed E-state index contributed by atoms with van der Waals surface area (Å²) in [4.78, 5) is 21.9. The van der Waals surface area contributed by atoms with E-state index in [1.165, 1.54) is 37.7 Å². The van der Waals surface area contributed by atoms with Gasteiger partial charge in [0.1, 0.15) is 23.6 Å². The van der Waals surface area contributed by atoms with Crippen molar-refractivity contribution in [3.63, 3.8) is 0 Å². The number of hydrogen-bond acceptors (Lipinski definition) is 6. The van der Waals surface area contributed by atoms with Crippen molar-refractivity contribution in [3.05, 3.63) is 42.0 Å². The molecule has 1 amide bonds. The summed E-state index contributed by atoms with van der Waals surface area (Å²) in [5.74, 6) is -0.686. The molecule has 2 saturated heterocycles. The third-order valence-corrected chi connectivity index (χ3v) is 6.94. The summed E-state index contributed by atoms with van der Waals surface area (Å²) < 4.78 is 29.9. The number of amides is 1. The maximum atomic E-state index is 15.4. The molecule has 9 heteroatoms. The van der Waals surface area contributed by atoms with Gasteiger partial charge >= 0.3 is 0 Å². The number of likely N-dealkylation sites (N-methyl/N-ethyl adjacent to an activating group) is 1. The largest absolute Gasteiger partial charge is 0.507 e. The lowest BCUT2D eigenvalue weighted by Crippen LogP contribution is -2.65. The van der Waals surface area contributed by atoms with E-state index in [0.29, 0.717) is 12.2 Å². The van der Waals surface area contributed by atoms with Crippen molar-refractivity contribution in [2.24, 2.45) is 0 Å². The number of phenolic OH excluding ortho intramolecular Hbond substituents is 1. The molecule has 33 heavy (non-hydrogen) atoms. The molecule has 3 N–H and O–H groups in total. The van der Waals surface area contributed by atoms with Gasteiger partial charge in [-0.15, -0.1) is 0 Å². The van der Waals surface area contributed by atoms with E-state index in [-0.39, 0.29) is 40.1 Å². The van der Waals surface area contributed by atoms with Crippen molar-refractivity contribution < 1.29 is 18.7 Å². The summed E-state index contributed by atoms with van der Waals surface area (Å²) in [7, 11) is 3.27. The molecule has 4 atom stereocenters. The highest BCUT2D eigenvalue weighted by atomic mass is 19.1. The monoisotopic (exact) mass is 457 g/mol. The van der Waals surface area contributed by atoms with Crippen LogP contribution in [-0.4, -0.2) is 58.4 Å². The first-order chi connectivity index (χ1) is 15.5. The van der Waals surface area contributed by atoms with Gasteiger partial charge < -0.3 is 20.6 Å². The number of benzene rings is 1. The van der Waals surface area contributed by atoms with Gasteiger partial charge in [-0.05, 0) is 51.3 Å². The molecule has 2 aliphatic rings. The van der Waals surface area contributed by atoms with Crippen LogP contribution >= 0.6 is 0 Å². The van der Waals surface area contributed by atoms with E-state index < -0.39 is 17.5 Å². The third kappa shape index (κ3) is 4.29. The minimum Gasteiger partial charge on any atom is -0.507 e. The molecule has 2 fully saturated rings. The van der Waals surface area contributed by atoms with Gasteiger partial charge in [0.15, 0.2) is 0 Å². The summed E-state index contributed by atoms with van der Waals surface area (Å²) in [5.41, 5.74) is -0.140. The van der Waals surface area contributed by atoms with Crippen molar-refractivity contribution in [3.8, 4) is 17.0 Å². The zero-order valence-corrected chi connectivity index (χ0v) is 19.2. The number of nitrogens with one attached hydrogen (secondary N) is 2. The summed E-state index contributed by atoms with van der Waals surface area (Å²) in [5, 5.41) is 16.3. The number of piperidine rings is 1. The molecular weight excluding hydrogens is 428 g/mol. The number of rotatable bonds is 5. The fourth-order valence-electron chi connectivity index (χ4n) is 5.00. The number of phenols is 1. The van der Waals surface area contributed by atoms with Crippen molar-refractivity contribution in [2.45, 2.75) is 56.4 Å². The van der Waals surface area contributed by atoms with E-state index >= 15 is 4.39 Å². The molecule has 3 heterocycles. The summed E-state index contributed by atoms with van der Waals surface area (Å²) >= 11 is 0. The lowest BCUT2D eigenvalue weighted by atomic mass is 9.82. The van der Waals surface area contributed by atoms with Crippen LogP contribution in [0.3, 0.4) is 0 Å². The summed E-state index contributed by atoms with van der Waals surface area (Å²) in [6.07, 6.45) is 6.71. The zero-order chi connectivity index (χ0) is 24.0. The highest BCUT2D eigenvalue weighted by Gasteiger charge is 2.56. The second kappa shape index (κ2) is 8.37. The minimum absolute atomic E-state index is 0.0701. The summed E-state index contributed by atoms with van der Waals surface area (Å²) in [6.45, 7) is 4.06. The molecule has 0 unspecified atom stereocenters. The number of hydrogen-bond donors (Lipinski definition) is 3. The van der Waals surface area contributed by atoms with Crippen LogP contribution in [0.2, 0.25) is 0 Å². The second-order valence-corrected chi connectivity index (χ2v) is 9.49.